The molecule has 4 nitrogen and oxygen atoms in total. The fourth-order valence-electron chi connectivity index (χ4n) is 1.12. The number of aliphatic hydroxyl groups excluding tert-OH is 1. The number of nitrogens with zero attached hydrogens (tertiary/aromatic N) is 1. The number of hydrogen-bond acceptors (Lipinski definition) is 3. The minimum absolute atomic E-state index is 0.316. The van der Waals surface area contributed by atoms with Gasteiger partial charge in [-0.25, -0.2) is 4.79 Å². The summed E-state index contributed by atoms with van der Waals surface area (Å²) in [5.74, 6) is 0. The van der Waals surface area contributed by atoms with E-state index in [2.05, 4.69) is 0 Å². The maximum Gasteiger partial charge on any atom is 0.409 e. The van der Waals surface area contributed by atoms with Gasteiger partial charge < -0.3 is 14.7 Å². The molecule has 1 saturated heterocycles. The van der Waals surface area contributed by atoms with Gasteiger partial charge in [0.1, 0.15) is 0 Å². The molecule has 1 atom stereocenters. The summed E-state index contributed by atoms with van der Waals surface area (Å²) in [4.78, 5) is 12.5. The lowest BCUT2D eigenvalue weighted by molar-refractivity contribution is 0.107. The van der Waals surface area contributed by atoms with Gasteiger partial charge in [-0.3, -0.25) is 0 Å². The first-order chi connectivity index (χ1) is 5.24. The molecular weight excluding hydrogens is 146 g/mol. The number of likely N-dealkylation sites (tertiary alicyclic amines) is 1. The summed E-state index contributed by atoms with van der Waals surface area (Å²) in [7, 11) is 0. The van der Waals surface area contributed by atoms with Crippen molar-refractivity contribution >= 4 is 6.09 Å². The van der Waals surface area contributed by atoms with Gasteiger partial charge >= 0.3 is 6.09 Å². The van der Waals surface area contributed by atoms with E-state index in [0.717, 1.165) is 0 Å². The first-order valence-electron chi connectivity index (χ1n) is 3.83. The Morgan fingerprint density at radius 1 is 1.82 bits per heavy atom. The standard InChI is InChI=1S/C7H13NO3/c1-2-11-7(10)8-4-3-6(9)5-8/h6,9H,2-5H2,1H3/t6-/m0/s1. The number of β-amino-alcohol motifs (C(OH)–C–C–N with tert-alkyl or cyclic N) is 1. The summed E-state index contributed by atoms with van der Waals surface area (Å²) in [6, 6.07) is 0. The molecular formula is C7H13NO3. The van der Waals surface area contributed by atoms with Crippen LogP contribution in [0.15, 0.2) is 0 Å². The number of aliphatic hydroxyl groups is 1. The largest absolute Gasteiger partial charge is 0.450 e. The molecule has 0 saturated carbocycles. The molecule has 11 heavy (non-hydrogen) atoms. The molecule has 0 aromatic rings. The SMILES string of the molecule is CCOC(=O)N1CC[C@H](O)C1. The third-order valence-corrected chi connectivity index (χ3v) is 1.69. The quantitative estimate of drug-likeness (QED) is 0.595. The van der Waals surface area contributed by atoms with Gasteiger partial charge in [0.05, 0.1) is 12.7 Å². The molecule has 0 spiro atoms. The number of ether oxygens (including phenoxy) is 1. The maximum absolute atomic E-state index is 11.0. The summed E-state index contributed by atoms with van der Waals surface area (Å²) < 4.78 is 4.75. The molecule has 0 radical (unpaired) electrons. The fraction of sp³-hybridized carbons (Fsp3) is 0.857. The number of rotatable bonds is 1. The molecule has 1 amide bonds. The molecule has 64 valence electrons. The van der Waals surface area contributed by atoms with Crippen LogP contribution < -0.4 is 0 Å². The fourth-order valence-corrected chi connectivity index (χ4v) is 1.12. The van der Waals surface area contributed by atoms with Crippen molar-refractivity contribution in [3.05, 3.63) is 0 Å². The van der Waals surface area contributed by atoms with Crippen LogP contribution >= 0.6 is 0 Å². The van der Waals surface area contributed by atoms with Crippen LogP contribution in [-0.4, -0.2) is 41.9 Å². The zero-order valence-electron chi connectivity index (χ0n) is 6.62. The highest BCUT2D eigenvalue weighted by Gasteiger charge is 2.24. The molecule has 4 heteroatoms. The number of carbonyl (C=O) groups is 1. The molecule has 0 bridgehead atoms. The zero-order valence-corrected chi connectivity index (χ0v) is 6.62. The van der Waals surface area contributed by atoms with E-state index in [-0.39, 0.29) is 12.2 Å². The monoisotopic (exact) mass is 159 g/mol. The molecule has 1 N–H and O–H groups in total. The Morgan fingerprint density at radius 2 is 2.55 bits per heavy atom. The third kappa shape index (κ3) is 2.08. The van der Waals surface area contributed by atoms with Gasteiger partial charge in [0, 0.05) is 13.1 Å². The highest BCUT2D eigenvalue weighted by molar-refractivity contribution is 5.67. The maximum atomic E-state index is 11.0. The van der Waals surface area contributed by atoms with E-state index >= 15 is 0 Å². The average molecular weight is 159 g/mol. The van der Waals surface area contributed by atoms with E-state index in [9.17, 15) is 4.79 Å². The highest BCUT2D eigenvalue weighted by atomic mass is 16.6. The number of carbonyl (C=O) groups excluding carboxylic acids is 1. The van der Waals surface area contributed by atoms with E-state index < -0.39 is 0 Å². The topological polar surface area (TPSA) is 49.8 Å². The molecule has 0 aromatic heterocycles. The lowest BCUT2D eigenvalue weighted by Crippen LogP contribution is -2.30. The van der Waals surface area contributed by atoms with E-state index in [1.807, 2.05) is 0 Å². The van der Waals surface area contributed by atoms with Crippen LogP contribution in [0.5, 0.6) is 0 Å². The van der Waals surface area contributed by atoms with Crippen LogP contribution in [0.1, 0.15) is 13.3 Å². The van der Waals surface area contributed by atoms with E-state index in [1.54, 1.807) is 6.92 Å². The van der Waals surface area contributed by atoms with Crippen molar-refractivity contribution in [1.82, 2.24) is 4.90 Å². The Morgan fingerprint density at radius 3 is 3.00 bits per heavy atom. The van der Waals surface area contributed by atoms with Gasteiger partial charge in [0.15, 0.2) is 0 Å². The van der Waals surface area contributed by atoms with Crippen LogP contribution in [0.4, 0.5) is 4.79 Å². The Balaban J connectivity index is 2.31. The molecule has 1 rings (SSSR count). The van der Waals surface area contributed by atoms with E-state index in [0.29, 0.717) is 26.1 Å². The van der Waals surface area contributed by atoms with Gasteiger partial charge in [0.25, 0.3) is 0 Å². The van der Waals surface area contributed by atoms with Crippen LogP contribution in [0.2, 0.25) is 0 Å². The molecule has 0 aromatic carbocycles. The summed E-state index contributed by atoms with van der Waals surface area (Å²) in [5, 5.41) is 9.07. The molecule has 0 aliphatic carbocycles. The van der Waals surface area contributed by atoms with Crippen molar-refractivity contribution < 1.29 is 14.6 Å². The van der Waals surface area contributed by atoms with Gasteiger partial charge in [-0.15, -0.1) is 0 Å². The second kappa shape index (κ2) is 3.57. The van der Waals surface area contributed by atoms with Crippen LogP contribution in [0.3, 0.4) is 0 Å². The summed E-state index contributed by atoms with van der Waals surface area (Å²) in [6.45, 7) is 3.19. The number of amides is 1. The van der Waals surface area contributed by atoms with Gasteiger partial charge in [0.2, 0.25) is 0 Å². The molecule has 1 aliphatic heterocycles. The van der Waals surface area contributed by atoms with Crippen molar-refractivity contribution in [2.24, 2.45) is 0 Å². The van der Waals surface area contributed by atoms with Crippen molar-refractivity contribution in [2.75, 3.05) is 19.7 Å². The van der Waals surface area contributed by atoms with Crippen LogP contribution in [-0.2, 0) is 4.74 Å². The van der Waals surface area contributed by atoms with E-state index in [1.165, 1.54) is 4.90 Å². The lowest BCUT2D eigenvalue weighted by atomic mass is 10.3. The first-order valence-corrected chi connectivity index (χ1v) is 3.83. The lowest BCUT2D eigenvalue weighted by Gasteiger charge is -2.13. The first kappa shape index (κ1) is 8.33. The zero-order chi connectivity index (χ0) is 8.27. The van der Waals surface area contributed by atoms with Crippen molar-refractivity contribution in [2.45, 2.75) is 19.4 Å². The Kier molecular flexibility index (Phi) is 2.70. The second-order valence-corrected chi connectivity index (χ2v) is 2.59. The average Bonchev–Trinajstić information content (AvgIpc) is 2.36. The van der Waals surface area contributed by atoms with Crippen molar-refractivity contribution in [3.8, 4) is 0 Å². The molecule has 1 aliphatic rings. The predicted molar refractivity (Wildman–Crippen MR) is 39.2 cm³/mol. The molecule has 1 fully saturated rings. The van der Waals surface area contributed by atoms with Crippen LogP contribution in [0.25, 0.3) is 0 Å². The minimum atomic E-state index is -0.362. The second-order valence-electron chi connectivity index (χ2n) is 2.59. The summed E-state index contributed by atoms with van der Waals surface area (Å²) >= 11 is 0. The van der Waals surface area contributed by atoms with Gasteiger partial charge in [-0.05, 0) is 13.3 Å². The Labute approximate surface area is 65.8 Å². The summed E-state index contributed by atoms with van der Waals surface area (Å²) in [6.07, 6.45) is -0.0119. The normalized spacial score (nSPS) is 23.8. The van der Waals surface area contributed by atoms with Crippen LogP contribution in [0, 0.1) is 0 Å². The third-order valence-electron chi connectivity index (χ3n) is 1.69. The van der Waals surface area contributed by atoms with Gasteiger partial charge in [-0.1, -0.05) is 0 Å². The predicted octanol–water partition coefficient (Wildman–Crippen LogP) is 0.209. The Hall–Kier alpha value is -0.770. The summed E-state index contributed by atoms with van der Waals surface area (Å²) in [5.41, 5.74) is 0. The van der Waals surface area contributed by atoms with E-state index in [4.69, 9.17) is 9.84 Å². The van der Waals surface area contributed by atoms with Crippen molar-refractivity contribution in [1.29, 1.82) is 0 Å². The minimum Gasteiger partial charge on any atom is -0.450 e. The van der Waals surface area contributed by atoms with Gasteiger partial charge in [-0.2, -0.15) is 0 Å². The molecule has 1 heterocycles. The Bertz CT molecular complexity index is 149. The number of hydrogen-bond donors (Lipinski definition) is 1. The molecule has 0 unspecified atom stereocenters. The smallest absolute Gasteiger partial charge is 0.409 e. The highest BCUT2D eigenvalue weighted by Crippen LogP contribution is 2.09. The van der Waals surface area contributed by atoms with Crippen molar-refractivity contribution in [3.63, 3.8) is 0 Å².